The molecule has 2 amide bonds. The second-order valence-corrected chi connectivity index (χ2v) is 7.85. The van der Waals surface area contributed by atoms with E-state index in [1.807, 2.05) is 33.8 Å². The van der Waals surface area contributed by atoms with E-state index in [4.69, 9.17) is 4.74 Å². The van der Waals surface area contributed by atoms with E-state index in [1.54, 1.807) is 40.1 Å². The minimum atomic E-state index is -0.633. The van der Waals surface area contributed by atoms with E-state index >= 15 is 0 Å². The fraction of sp³-hybridized carbons (Fsp3) is 0.381. The molecule has 0 aliphatic carbocycles. The number of anilines is 2. The minimum Gasteiger partial charge on any atom is -0.618 e. The lowest BCUT2D eigenvalue weighted by atomic mass is 10.2. The fourth-order valence-corrected chi connectivity index (χ4v) is 3.23. The number of hydrogen-bond acceptors (Lipinski definition) is 4. The predicted molar refractivity (Wildman–Crippen MR) is 106 cm³/mol. The lowest BCUT2D eigenvalue weighted by molar-refractivity contribution is -0.607. The van der Waals surface area contributed by atoms with Crippen LogP contribution in [0.5, 0.6) is 0 Å². The first kappa shape index (κ1) is 19.7. The van der Waals surface area contributed by atoms with Crippen molar-refractivity contribution < 1.29 is 19.1 Å². The molecule has 0 saturated heterocycles. The van der Waals surface area contributed by atoms with E-state index in [9.17, 15) is 14.8 Å². The van der Waals surface area contributed by atoms with Crippen LogP contribution in [0.3, 0.4) is 0 Å². The molecule has 0 bridgehead atoms. The molecule has 28 heavy (non-hydrogen) atoms. The van der Waals surface area contributed by atoms with Gasteiger partial charge in [0.15, 0.2) is 6.20 Å². The van der Waals surface area contributed by atoms with Gasteiger partial charge in [0.25, 0.3) is 5.69 Å². The summed E-state index contributed by atoms with van der Waals surface area (Å²) in [5, 5.41) is 12.1. The highest BCUT2D eigenvalue weighted by Gasteiger charge is 2.35. The van der Waals surface area contributed by atoms with Gasteiger partial charge in [0.1, 0.15) is 5.60 Å². The standard InChI is InChI=1S/C21H25N3O4/c1-15-12-14-22(19(25)18-11-7-8-13-23(18)27)16-9-5-6-10-17(16)24(15)20(26)28-21(2,3)4/h5-11,13,15H,12,14H2,1-4H3/t15-/m1/s1. The Labute approximate surface area is 164 Å². The zero-order valence-electron chi connectivity index (χ0n) is 16.6. The molecule has 7 nitrogen and oxygen atoms in total. The topological polar surface area (TPSA) is 76.8 Å². The molecule has 1 aliphatic rings. The third-order valence-corrected chi connectivity index (χ3v) is 4.52. The number of amides is 2. The smallest absolute Gasteiger partial charge is 0.415 e. The molecule has 7 heteroatoms. The Kier molecular flexibility index (Phi) is 5.27. The SMILES string of the molecule is C[C@@H]1CCN(C(=O)c2cccc[n+]2[O-])c2ccccc2N1C(=O)OC(C)(C)C. The lowest BCUT2D eigenvalue weighted by Crippen LogP contribution is -2.42. The van der Waals surface area contributed by atoms with Crippen molar-refractivity contribution in [2.24, 2.45) is 0 Å². The number of nitrogens with zero attached hydrogens (tertiary/aromatic N) is 3. The molecule has 2 heterocycles. The van der Waals surface area contributed by atoms with Crippen LogP contribution >= 0.6 is 0 Å². The summed E-state index contributed by atoms with van der Waals surface area (Å²) in [6.45, 7) is 7.75. The molecular weight excluding hydrogens is 358 g/mol. The average Bonchev–Trinajstić information content (AvgIpc) is 2.76. The molecule has 3 rings (SSSR count). The summed E-state index contributed by atoms with van der Waals surface area (Å²) < 4.78 is 6.15. The van der Waals surface area contributed by atoms with Crippen molar-refractivity contribution in [2.75, 3.05) is 16.3 Å². The zero-order chi connectivity index (χ0) is 20.5. The highest BCUT2D eigenvalue weighted by atomic mass is 16.6. The first-order chi connectivity index (χ1) is 13.2. The summed E-state index contributed by atoms with van der Waals surface area (Å²) in [6, 6.07) is 11.7. The van der Waals surface area contributed by atoms with Crippen LogP contribution in [-0.2, 0) is 4.74 Å². The van der Waals surface area contributed by atoms with Crippen LogP contribution in [0, 0.1) is 5.21 Å². The second kappa shape index (κ2) is 7.50. The number of benzene rings is 1. The summed E-state index contributed by atoms with van der Waals surface area (Å²) >= 11 is 0. The van der Waals surface area contributed by atoms with Crippen LogP contribution in [-0.4, -0.2) is 30.2 Å². The number of aromatic nitrogens is 1. The maximum absolute atomic E-state index is 13.1. The maximum Gasteiger partial charge on any atom is 0.415 e. The Bertz CT molecular complexity index is 891. The monoisotopic (exact) mass is 383 g/mol. The van der Waals surface area contributed by atoms with Crippen LogP contribution in [0.4, 0.5) is 16.2 Å². The molecule has 1 aromatic heterocycles. The van der Waals surface area contributed by atoms with Gasteiger partial charge in [0, 0.05) is 24.7 Å². The van der Waals surface area contributed by atoms with Crippen LogP contribution in [0.1, 0.15) is 44.6 Å². The zero-order valence-corrected chi connectivity index (χ0v) is 16.6. The number of carbonyl (C=O) groups excluding carboxylic acids is 2. The Morgan fingerprint density at radius 1 is 1.11 bits per heavy atom. The molecule has 2 aromatic rings. The van der Waals surface area contributed by atoms with Gasteiger partial charge in [-0.1, -0.05) is 12.1 Å². The summed E-state index contributed by atoms with van der Waals surface area (Å²) in [6.07, 6.45) is 1.39. The van der Waals surface area contributed by atoms with Gasteiger partial charge in [0.05, 0.1) is 11.4 Å². The minimum absolute atomic E-state index is 0.0377. The Hall–Kier alpha value is -3.09. The van der Waals surface area contributed by atoms with Gasteiger partial charge in [-0.05, 0) is 52.3 Å². The number of hydrogen-bond donors (Lipinski definition) is 0. The molecule has 0 spiro atoms. The molecule has 0 fully saturated rings. The fourth-order valence-electron chi connectivity index (χ4n) is 3.23. The van der Waals surface area contributed by atoms with E-state index < -0.39 is 17.6 Å². The van der Waals surface area contributed by atoms with Gasteiger partial charge < -0.3 is 14.8 Å². The van der Waals surface area contributed by atoms with E-state index in [0.717, 1.165) is 0 Å². The third kappa shape index (κ3) is 3.93. The van der Waals surface area contributed by atoms with Crippen LogP contribution < -0.4 is 14.5 Å². The maximum atomic E-state index is 13.1. The molecule has 1 aliphatic heterocycles. The van der Waals surface area contributed by atoms with Crippen LogP contribution in [0.25, 0.3) is 0 Å². The predicted octanol–water partition coefficient (Wildman–Crippen LogP) is 3.50. The van der Waals surface area contributed by atoms with Crippen molar-refractivity contribution in [3.05, 3.63) is 59.6 Å². The largest absolute Gasteiger partial charge is 0.618 e. The Morgan fingerprint density at radius 2 is 1.75 bits per heavy atom. The van der Waals surface area contributed by atoms with Crippen LogP contribution in [0.2, 0.25) is 0 Å². The highest BCUT2D eigenvalue weighted by Crippen LogP contribution is 2.36. The summed E-state index contributed by atoms with van der Waals surface area (Å²) in [5.41, 5.74) is 0.566. The van der Waals surface area contributed by atoms with Gasteiger partial charge in [-0.3, -0.25) is 9.69 Å². The summed E-state index contributed by atoms with van der Waals surface area (Å²) in [4.78, 5) is 29.1. The highest BCUT2D eigenvalue weighted by molar-refractivity contribution is 6.07. The summed E-state index contributed by atoms with van der Waals surface area (Å²) in [7, 11) is 0. The molecule has 0 radical (unpaired) electrons. The number of para-hydroxylation sites is 2. The molecule has 1 atom stereocenters. The Balaban J connectivity index is 2.04. The van der Waals surface area contributed by atoms with Crippen LogP contribution in [0.15, 0.2) is 48.7 Å². The molecular formula is C21H25N3O4. The van der Waals surface area contributed by atoms with Gasteiger partial charge in [-0.25, -0.2) is 4.79 Å². The second-order valence-electron chi connectivity index (χ2n) is 7.85. The Morgan fingerprint density at radius 3 is 2.39 bits per heavy atom. The number of fused-ring (bicyclic) bond motifs is 1. The quantitative estimate of drug-likeness (QED) is 0.558. The first-order valence-corrected chi connectivity index (χ1v) is 9.30. The van der Waals surface area contributed by atoms with Gasteiger partial charge in [-0.15, -0.1) is 0 Å². The first-order valence-electron chi connectivity index (χ1n) is 9.30. The van der Waals surface area contributed by atoms with Crippen molar-refractivity contribution in [1.82, 2.24) is 0 Å². The van der Waals surface area contributed by atoms with Gasteiger partial charge >= 0.3 is 12.0 Å². The van der Waals surface area contributed by atoms with E-state index in [1.165, 1.54) is 12.3 Å². The normalized spacial score (nSPS) is 16.9. The van der Waals surface area contributed by atoms with Crippen molar-refractivity contribution in [3.63, 3.8) is 0 Å². The molecule has 0 unspecified atom stereocenters. The summed E-state index contributed by atoms with van der Waals surface area (Å²) in [5.74, 6) is -0.402. The average molecular weight is 383 g/mol. The number of pyridine rings is 1. The van der Waals surface area contributed by atoms with Crippen molar-refractivity contribution in [3.8, 4) is 0 Å². The number of ether oxygens (including phenoxy) is 1. The van der Waals surface area contributed by atoms with Gasteiger partial charge in [-0.2, -0.15) is 4.73 Å². The van der Waals surface area contributed by atoms with Crippen molar-refractivity contribution in [2.45, 2.75) is 45.8 Å². The lowest BCUT2D eigenvalue weighted by Gasteiger charge is -2.31. The van der Waals surface area contributed by atoms with E-state index in [2.05, 4.69) is 0 Å². The van der Waals surface area contributed by atoms with Crippen molar-refractivity contribution >= 4 is 23.4 Å². The van der Waals surface area contributed by atoms with Gasteiger partial charge in [0.2, 0.25) is 0 Å². The number of rotatable bonds is 1. The third-order valence-electron chi connectivity index (χ3n) is 4.52. The number of carbonyl (C=O) groups is 2. The molecule has 0 N–H and O–H groups in total. The van der Waals surface area contributed by atoms with E-state index in [-0.39, 0.29) is 11.7 Å². The molecule has 0 saturated carbocycles. The van der Waals surface area contributed by atoms with Crippen molar-refractivity contribution in [1.29, 1.82) is 0 Å². The molecule has 1 aromatic carbocycles. The van der Waals surface area contributed by atoms with E-state index in [0.29, 0.717) is 29.1 Å². The molecule has 148 valence electrons.